The zero-order valence-electron chi connectivity index (χ0n) is 15.6. The van der Waals surface area contributed by atoms with Crippen molar-refractivity contribution >= 4 is 11.8 Å². The summed E-state index contributed by atoms with van der Waals surface area (Å²) < 4.78 is 0. The number of rotatable bonds is 10. The third kappa shape index (κ3) is 8.72. The summed E-state index contributed by atoms with van der Waals surface area (Å²) in [6.45, 7) is 9.37. The van der Waals surface area contributed by atoms with Crippen molar-refractivity contribution in [3.05, 3.63) is 24.4 Å². The van der Waals surface area contributed by atoms with Crippen LogP contribution in [0.3, 0.4) is 0 Å². The topological polar surface area (TPSA) is 64.6 Å². The lowest BCUT2D eigenvalue weighted by atomic mass is 10.1. The van der Waals surface area contributed by atoms with Crippen LogP contribution in [0, 0.1) is 0 Å². The fourth-order valence-corrected chi connectivity index (χ4v) is 2.97. The minimum atomic E-state index is 0.850. The fraction of sp³-hybridized carbons (Fsp3) is 0.684. The van der Waals surface area contributed by atoms with Crippen molar-refractivity contribution in [2.75, 3.05) is 51.1 Å². The second-order valence-electron chi connectivity index (χ2n) is 6.44. The molecule has 0 saturated carbocycles. The number of unbranched alkanes of at least 4 members (excludes halogenated alkanes) is 1. The van der Waals surface area contributed by atoms with E-state index in [4.69, 9.17) is 0 Å². The highest BCUT2D eigenvalue weighted by Crippen LogP contribution is 2.07. The summed E-state index contributed by atoms with van der Waals surface area (Å²) in [5, 5.41) is 10.1. The summed E-state index contributed by atoms with van der Waals surface area (Å²) >= 11 is 0. The summed E-state index contributed by atoms with van der Waals surface area (Å²) in [6, 6.07) is 5.92. The molecule has 0 aliphatic carbocycles. The van der Waals surface area contributed by atoms with Gasteiger partial charge in [-0.2, -0.15) is 0 Å². The summed E-state index contributed by atoms with van der Waals surface area (Å²) in [5.74, 6) is 1.89. The van der Waals surface area contributed by atoms with Crippen molar-refractivity contribution in [1.82, 2.24) is 20.5 Å². The third-order valence-electron chi connectivity index (χ3n) is 4.34. The predicted molar refractivity (Wildman–Crippen MR) is 106 cm³/mol. The molecule has 0 aromatic carbocycles. The molecule has 1 aromatic rings. The summed E-state index contributed by atoms with van der Waals surface area (Å²) in [6.07, 6.45) is 8.06. The van der Waals surface area contributed by atoms with Gasteiger partial charge in [0.1, 0.15) is 5.82 Å². The monoisotopic (exact) mass is 346 g/mol. The standard InChI is InChI=1S/C19H34N6/c1-2-20-19(24-14-17-25-15-8-3-9-16-25)23-13-7-6-12-22-18-10-4-5-11-21-18/h4-5,10-11H,2-3,6-9,12-17H2,1H3,(H,21,22)(H2,20,23,24). The Kier molecular flexibility index (Phi) is 9.77. The number of hydrogen-bond donors (Lipinski definition) is 3. The normalized spacial score (nSPS) is 15.8. The van der Waals surface area contributed by atoms with Crippen LogP contribution in [0.25, 0.3) is 0 Å². The van der Waals surface area contributed by atoms with Gasteiger partial charge in [-0.25, -0.2) is 4.98 Å². The van der Waals surface area contributed by atoms with E-state index in [1.165, 1.54) is 32.4 Å². The van der Waals surface area contributed by atoms with Crippen LogP contribution in [0.5, 0.6) is 0 Å². The first kappa shape index (κ1) is 19.5. The van der Waals surface area contributed by atoms with E-state index in [0.29, 0.717) is 0 Å². The summed E-state index contributed by atoms with van der Waals surface area (Å²) in [7, 11) is 0. The second kappa shape index (κ2) is 12.5. The van der Waals surface area contributed by atoms with Gasteiger partial charge in [0.25, 0.3) is 0 Å². The highest BCUT2D eigenvalue weighted by Gasteiger charge is 2.09. The number of likely N-dealkylation sites (tertiary alicyclic amines) is 1. The maximum absolute atomic E-state index is 4.67. The first-order valence-electron chi connectivity index (χ1n) is 9.78. The number of piperidine rings is 1. The number of hydrogen-bond acceptors (Lipinski definition) is 4. The lowest BCUT2D eigenvalue weighted by Crippen LogP contribution is -2.42. The van der Waals surface area contributed by atoms with E-state index < -0.39 is 0 Å². The van der Waals surface area contributed by atoms with E-state index in [0.717, 1.165) is 57.3 Å². The smallest absolute Gasteiger partial charge is 0.191 e. The van der Waals surface area contributed by atoms with Crippen LogP contribution in [-0.4, -0.2) is 61.7 Å². The molecule has 25 heavy (non-hydrogen) atoms. The van der Waals surface area contributed by atoms with Gasteiger partial charge >= 0.3 is 0 Å². The van der Waals surface area contributed by atoms with Crippen molar-refractivity contribution in [3.8, 4) is 0 Å². The van der Waals surface area contributed by atoms with Gasteiger partial charge in [-0.1, -0.05) is 12.5 Å². The molecule has 140 valence electrons. The van der Waals surface area contributed by atoms with E-state index in [-0.39, 0.29) is 0 Å². The molecule has 6 heteroatoms. The Morgan fingerprint density at radius 1 is 1.12 bits per heavy atom. The lowest BCUT2D eigenvalue weighted by Gasteiger charge is -2.26. The van der Waals surface area contributed by atoms with Gasteiger partial charge in [-0.05, 0) is 57.8 Å². The van der Waals surface area contributed by atoms with Gasteiger partial charge in [0, 0.05) is 38.9 Å². The van der Waals surface area contributed by atoms with Crippen LogP contribution in [-0.2, 0) is 0 Å². The Morgan fingerprint density at radius 2 is 2.00 bits per heavy atom. The molecule has 1 fully saturated rings. The minimum Gasteiger partial charge on any atom is -0.370 e. The number of pyridine rings is 1. The molecule has 3 N–H and O–H groups in total. The molecular weight excluding hydrogens is 312 g/mol. The molecule has 0 spiro atoms. The van der Waals surface area contributed by atoms with Crippen LogP contribution in [0.2, 0.25) is 0 Å². The predicted octanol–water partition coefficient (Wildman–Crippen LogP) is 2.31. The third-order valence-corrected chi connectivity index (χ3v) is 4.34. The SMILES string of the molecule is CCNC(=NCCCCNc1ccccn1)NCCN1CCCCC1. The van der Waals surface area contributed by atoms with Gasteiger partial charge in [0.05, 0.1) is 0 Å². The van der Waals surface area contributed by atoms with Gasteiger partial charge in [-0.3, -0.25) is 4.99 Å². The molecule has 1 aliphatic heterocycles. The summed E-state index contributed by atoms with van der Waals surface area (Å²) in [4.78, 5) is 11.5. The van der Waals surface area contributed by atoms with Crippen LogP contribution >= 0.6 is 0 Å². The van der Waals surface area contributed by atoms with Crippen molar-refractivity contribution < 1.29 is 0 Å². The quantitative estimate of drug-likeness (QED) is 0.345. The van der Waals surface area contributed by atoms with E-state index in [1.807, 2.05) is 24.4 Å². The first-order chi connectivity index (χ1) is 12.4. The molecule has 1 saturated heterocycles. The number of anilines is 1. The Balaban J connectivity index is 1.56. The molecule has 6 nitrogen and oxygen atoms in total. The molecule has 1 aromatic heterocycles. The molecule has 0 radical (unpaired) electrons. The minimum absolute atomic E-state index is 0.850. The molecular formula is C19H34N6. The average Bonchev–Trinajstić information content (AvgIpc) is 2.66. The van der Waals surface area contributed by atoms with Crippen molar-refractivity contribution in [2.45, 2.75) is 39.0 Å². The highest BCUT2D eigenvalue weighted by atomic mass is 15.2. The number of aliphatic imine (C=N–C) groups is 1. The van der Waals surface area contributed by atoms with Gasteiger partial charge in [0.2, 0.25) is 0 Å². The van der Waals surface area contributed by atoms with Crippen molar-refractivity contribution in [3.63, 3.8) is 0 Å². The number of nitrogens with zero attached hydrogens (tertiary/aromatic N) is 3. The van der Waals surface area contributed by atoms with E-state index >= 15 is 0 Å². The summed E-state index contributed by atoms with van der Waals surface area (Å²) in [5.41, 5.74) is 0. The van der Waals surface area contributed by atoms with Crippen LogP contribution in [0.1, 0.15) is 39.0 Å². The zero-order valence-corrected chi connectivity index (χ0v) is 15.6. The molecule has 2 rings (SSSR count). The van der Waals surface area contributed by atoms with Crippen molar-refractivity contribution in [2.24, 2.45) is 4.99 Å². The molecule has 0 atom stereocenters. The fourth-order valence-electron chi connectivity index (χ4n) is 2.97. The molecule has 0 bridgehead atoms. The molecule has 2 heterocycles. The maximum atomic E-state index is 4.67. The first-order valence-corrected chi connectivity index (χ1v) is 9.78. The van der Waals surface area contributed by atoms with E-state index in [1.54, 1.807) is 0 Å². The highest BCUT2D eigenvalue weighted by molar-refractivity contribution is 5.79. The second-order valence-corrected chi connectivity index (χ2v) is 6.44. The van der Waals surface area contributed by atoms with Crippen molar-refractivity contribution in [1.29, 1.82) is 0 Å². The van der Waals surface area contributed by atoms with Crippen LogP contribution < -0.4 is 16.0 Å². The largest absolute Gasteiger partial charge is 0.370 e. The zero-order chi connectivity index (χ0) is 17.6. The Hall–Kier alpha value is -1.82. The number of guanidine groups is 1. The van der Waals surface area contributed by atoms with E-state index in [2.05, 4.69) is 37.8 Å². The van der Waals surface area contributed by atoms with Crippen LogP contribution in [0.15, 0.2) is 29.4 Å². The Bertz CT molecular complexity index is 470. The number of nitrogens with one attached hydrogen (secondary N) is 3. The maximum Gasteiger partial charge on any atom is 0.191 e. The Morgan fingerprint density at radius 3 is 2.76 bits per heavy atom. The molecule has 0 amide bonds. The van der Waals surface area contributed by atoms with E-state index in [9.17, 15) is 0 Å². The van der Waals surface area contributed by atoms with Gasteiger partial charge < -0.3 is 20.9 Å². The molecule has 1 aliphatic rings. The average molecular weight is 347 g/mol. The molecule has 0 unspecified atom stereocenters. The Labute approximate surface area is 152 Å². The van der Waals surface area contributed by atoms with Crippen LogP contribution in [0.4, 0.5) is 5.82 Å². The number of aromatic nitrogens is 1. The lowest BCUT2D eigenvalue weighted by molar-refractivity contribution is 0.232. The van der Waals surface area contributed by atoms with Gasteiger partial charge in [0.15, 0.2) is 5.96 Å². The van der Waals surface area contributed by atoms with Gasteiger partial charge in [-0.15, -0.1) is 0 Å².